The van der Waals surface area contributed by atoms with Gasteiger partial charge in [-0.15, -0.1) is 0 Å². The molecule has 0 aliphatic carbocycles. The second kappa shape index (κ2) is 6.12. The highest BCUT2D eigenvalue weighted by Gasteiger charge is 2.15. The van der Waals surface area contributed by atoms with Crippen LogP contribution >= 0.6 is 15.9 Å². The van der Waals surface area contributed by atoms with Crippen molar-refractivity contribution in [3.8, 4) is 0 Å². The number of benzene rings is 1. The highest BCUT2D eigenvalue weighted by molar-refractivity contribution is 9.10. The van der Waals surface area contributed by atoms with E-state index in [-0.39, 0.29) is 6.04 Å². The first kappa shape index (κ1) is 13.2. The van der Waals surface area contributed by atoms with E-state index in [0.717, 1.165) is 11.0 Å². The zero-order chi connectivity index (χ0) is 13.0. The van der Waals surface area contributed by atoms with E-state index in [1.807, 2.05) is 12.3 Å². The normalized spacial score (nSPS) is 12.4. The van der Waals surface area contributed by atoms with E-state index in [4.69, 9.17) is 0 Å². The molecule has 94 valence electrons. The summed E-state index contributed by atoms with van der Waals surface area (Å²) in [6, 6.07) is 10.7. The van der Waals surface area contributed by atoms with E-state index in [2.05, 4.69) is 64.3 Å². The lowest BCUT2D eigenvalue weighted by atomic mass is 9.98. The summed E-state index contributed by atoms with van der Waals surface area (Å²) in [5.74, 6) is 0. The fourth-order valence-electron chi connectivity index (χ4n) is 2.04. The van der Waals surface area contributed by atoms with Crippen LogP contribution in [0.4, 0.5) is 0 Å². The summed E-state index contributed by atoms with van der Waals surface area (Å²) in [6.07, 6.45) is 3.72. The van der Waals surface area contributed by atoms with Gasteiger partial charge in [0, 0.05) is 16.9 Å². The van der Waals surface area contributed by atoms with Crippen LogP contribution in [0.1, 0.15) is 29.7 Å². The van der Waals surface area contributed by atoms with Gasteiger partial charge in [0.25, 0.3) is 0 Å². The first-order chi connectivity index (χ1) is 8.72. The van der Waals surface area contributed by atoms with Crippen molar-refractivity contribution >= 4 is 15.9 Å². The Labute approximate surface area is 117 Å². The van der Waals surface area contributed by atoms with Crippen molar-refractivity contribution in [2.24, 2.45) is 0 Å². The Bertz CT molecular complexity index is 511. The minimum absolute atomic E-state index is 0.179. The Morgan fingerprint density at radius 1 is 1.33 bits per heavy atom. The first-order valence-corrected chi connectivity index (χ1v) is 6.91. The van der Waals surface area contributed by atoms with E-state index in [9.17, 15) is 0 Å². The monoisotopic (exact) mass is 304 g/mol. The van der Waals surface area contributed by atoms with E-state index < -0.39 is 0 Å². The second-order valence-electron chi connectivity index (χ2n) is 4.30. The Balaban J connectivity index is 2.44. The molecule has 0 aliphatic heterocycles. The van der Waals surface area contributed by atoms with Gasteiger partial charge in [0.1, 0.15) is 0 Å². The molecule has 2 rings (SSSR count). The number of pyridine rings is 1. The van der Waals surface area contributed by atoms with Crippen molar-refractivity contribution < 1.29 is 0 Å². The third-order valence-corrected chi connectivity index (χ3v) is 3.61. The number of hydrogen-bond donors (Lipinski definition) is 1. The lowest BCUT2D eigenvalue weighted by Gasteiger charge is -2.20. The molecule has 0 amide bonds. The molecule has 0 saturated heterocycles. The molecule has 0 spiro atoms. The van der Waals surface area contributed by atoms with Crippen LogP contribution in [-0.2, 0) is 0 Å². The molecular formula is C15H17BrN2. The third kappa shape index (κ3) is 2.98. The number of hydrogen-bond acceptors (Lipinski definition) is 2. The van der Waals surface area contributed by atoms with Gasteiger partial charge in [-0.25, -0.2) is 0 Å². The molecule has 0 radical (unpaired) electrons. The minimum atomic E-state index is 0.179. The molecule has 1 N–H and O–H groups in total. The summed E-state index contributed by atoms with van der Waals surface area (Å²) in [5.41, 5.74) is 3.70. The van der Waals surface area contributed by atoms with Gasteiger partial charge in [-0.05, 0) is 36.7 Å². The highest BCUT2D eigenvalue weighted by atomic mass is 79.9. The van der Waals surface area contributed by atoms with Gasteiger partial charge >= 0.3 is 0 Å². The van der Waals surface area contributed by atoms with E-state index >= 15 is 0 Å². The van der Waals surface area contributed by atoms with Gasteiger partial charge in [-0.2, -0.15) is 0 Å². The fraction of sp³-hybridized carbons (Fsp3) is 0.267. The Hall–Kier alpha value is -1.19. The van der Waals surface area contributed by atoms with Crippen LogP contribution in [0.2, 0.25) is 0 Å². The lowest BCUT2D eigenvalue weighted by molar-refractivity contribution is 0.626. The largest absolute Gasteiger partial charge is 0.306 e. The number of aromatic nitrogens is 1. The Morgan fingerprint density at radius 3 is 2.83 bits per heavy atom. The number of halogens is 1. The smallest absolute Gasteiger partial charge is 0.0603 e. The Kier molecular flexibility index (Phi) is 4.50. The maximum Gasteiger partial charge on any atom is 0.0603 e. The quantitative estimate of drug-likeness (QED) is 0.928. The number of nitrogens with zero attached hydrogens (tertiary/aromatic N) is 1. The maximum atomic E-state index is 4.21. The molecule has 1 aromatic heterocycles. The molecule has 1 heterocycles. The van der Waals surface area contributed by atoms with Gasteiger partial charge in [-0.1, -0.05) is 46.6 Å². The second-order valence-corrected chi connectivity index (χ2v) is 5.16. The van der Waals surface area contributed by atoms with Gasteiger partial charge in [0.15, 0.2) is 0 Å². The number of rotatable bonds is 4. The summed E-state index contributed by atoms with van der Waals surface area (Å²) in [5, 5.41) is 3.51. The van der Waals surface area contributed by atoms with Crippen molar-refractivity contribution in [1.29, 1.82) is 0 Å². The molecule has 0 fully saturated rings. The topological polar surface area (TPSA) is 24.9 Å². The van der Waals surface area contributed by atoms with Gasteiger partial charge in [-0.3, -0.25) is 4.98 Å². The van der Waals surface area contributed by atoms with E-state index in [1.54, 1.807) is 6.20 Å². The van der Waals surface area contributed by atoms with Crippen LogP contribution in [0.15, 0.2) is 47.2 Å². The van der Waals surface area contributed by atoms with Crippen LogP contribution in [-0.4, -0.2) is 11.5 Å². The maximum absolute atomic E-state index is 4.21. The van der Waals surface area contributed by atoms with E-state index in [0.29, 0.717) is 0 Å². The highest BCUT2D eigenvalue weighted by Crippen LogP contribution is 2.29. The van der Waals surface area contributed by atoms with E-state index in [1.165, 1.54) is 16.7 Å². The lowest BCUT2D eigenvalue weighted by Crippen LogP contribution is -2.22. The zero-order valence-electron chi connectivity index (χ0n) is 10.7. The summed E-state index contributed by atoms with van der Waals surface area (Å²) >= 11 is 3.64. The molecule has 0 saturated carbocycles. The molecule has 1 atom stereocenters. The van der Waals surface area contributed by atoms with Gasteiger partial charge < -0.3 is 5.32 Å². The molecule has 3 heteroatoms. The summed E-state index contributed by atoms with van der Waals surface area (Å²) < 4.78 is 1.13. The minimum Gasteiger partial charge on any atom is -0.306 e. The molecule has 1 unspecified atom stereocenters. The number of nitrogens with one attached hydrogen (secondary N) is 1. The molecule has 2 aromatic rings. The average Bonchev–Trinajstić information content (AvgIpc) is 2.40. The molecule has 18 heavy (non-hydrogen) atoms. The SMILES string of the molecule is CCNC(c1cccnc1)c1cc(C)ccc1Br. The molecule has 0 bridgehead atoms. The van der Waals surface area contributed by atoms with Crippen LogP contribution < -0.4 is 5.32 Å². The van der Waals surface area contributed by atoms with Crippen LogP contribution in [0.25, 0.3) is 0 Å². The van der Waals surface area contributed by atoms with Crippen molar-refractivity contribution in [1.82, 2.24) is 10.3 Å². The van der Waals surface area contributed by atoms with Gasteiger partial charge in [0.2, 0.25) is 0 Å². The van der Waals surface area contributed by atoms with Crippen molar-refractivity contribution in [3.63, 3.8) is 0 Å². The summed E-state index contributed by atoms with van der Waals surface area (Å²) in [4.78, 5) is 4.21. The zero-order valence-corrected chi connectivity index (χ0v) is 12.2. The predicted molar refractivity (Wildman–Crippen MR) is 78.6 cm³/mol. The Morgan fingerprint density at radius 2 is 2.17 bits per heavy atom. The summed E-state index contributed by atoms with van der Waals surface area (Å²) in [6.45, 7) is 5.15. The molecular weight excluding hydrogens is 288 g/mol. The van der Waals surface area contributed by atoms with Gasteiger partial charge in [0.05, 0.1) is 6.04 Å². The summed E-state index contributed by atoms with van der Waals surface area (Å²) in [7, 11) is 0. The first-order valence-electron chi connectivity index (χ1n) is 6.11. The van der Waals surface area contributed by atoms with Crippen LogP contribution in [0.5, 0.6) is 0 Å². The van der Waals surface area contributed by atoms with Crippen molar-refractivity contribution in [2.75, 3.05) is 6.54 Å². The van der Waals surface area contributed by atoms with Crippen LogP contribution in [0.3, 0.4) is 0 Å². The van der Waals surface area contributed by atoms with Crippen molar-refractivity contribution in [2.45, 2.75) is 19.9 Å². The molecule has 0 aliphatic rings. The molecule has 1 aromatic carbocycles. The standard InChI is InChI=1S/C15H17BrN2/c1-3-18-15(12-5-4-8-17-10-12)13-9-11(2)6-7-14(13)16/h4-10,15,18H,3H2,1-2H3. The predicted octanol–water partition coefficient (Wildman–Crippen LogP) is 3.85. The fourth-order valence-corrected chi connectivity index (χ4v) is 2.52. The third-order valence-electron chi connectivity index (χ3n) is 2.89. The molecule has 2 nitrogen and oxygen atoms in total. The van der Waals surface area contributed by atoms with Crippen molar-refractivity contribution in [3.05, 3.63) is 63.9 Å². The van der Waals surface area contributed by atoms with Crippen LogP contribution in [0, 0.1) is 6.92 Å². The number of aryl methyl sites for hydroxylation is 1. The average molecular weight is 305 g/mol.